The molecule has 7 heteroatoms. The van der Waals surface area contributed by atoms with Crippen molar-refractivity contribution in [1.82, 2.24) is 5.32 Å². The zero-order valence-corrected chi connectivity index (χ0v) is 13.4. The lowest BCUT2D eigenvalue weighted by molar-refractivity contribution is -0.125. The predicted octanol–water partition coefficient (Wildman–Crippen LogP) is 2.96. The Morgan fingerprint density at radius 1 is 1.45 bits per heavy atom. The highest BCUT2D eigenvalue weighted by molar-refractivity contribution is 6.35. The van der Waals surface area contributed by atoms with Crippen LogP contribution in [0.2, 0.25) is 10.0 Å². The van der Waals surface area contributed by atoms with Crippen molar-refractivity contribution in [2.24, 2.45) is 5.92 Å². The molecule has 1 atom stereocenters. The molecule has 1 aromatic carbocycles. The van der Waals surface area contributed by atoms with Crippen molar-refractivity contribution in [3.05, 3.63) is 33.8 Å². The van der Waals surface area contributed by atoms with Gasteiger partial charge >= 0.3 is 5.97 Å². The van der Waals surface area contributed by atoms with Gasteiger partial charge in [0.1, 0.15) is 5.54 Å². The second-order valence-electron chi connectivity index (χ2n) is 5.34. The van der Waals surface area contributed by atoms with Gasteiger partial charge in [0.2, 0.25) is 0 Å². The topological polar surface area (TPSA) is 79.2 Å². The molecule has 0 heterocycles. The summed E-state index contributed by atoms with van der Waals surface area (Å²) in [5, 5.41) is 12.3. The quantitative estimate of drug-likeness (QED) is 0.835. The van der Waals surface area contributed by atoms with Crippen LogP contribution in [0.15, 0.2) is 18.2 Å². The van der Waals surface area contributed by atoms with Gasteiger partial charge in [0, 0.05) is 5.02 Å². The molecule has 1 aromatic rings. The Bertz CT molecular complexity index is 653. The van der Waals surface area contributed by atoms with Crippen LogP contribution in [-0.4, -0.2) is 24.0 Å². The number of ether oxygens (including phenoxy) is 1. The number of benzene rings is 1. The predicted molar refractivity (Wildman–Crippen MR) is 81.6 cm³/mol. The molecular weight excluding hydrogens is 327 g/mol. The number of nitriles is 1. The SMILES string of the molecule is C[C@@](C#N)(NC(=O)COC(=O)c1cc(Cl)ccc1Cl)C1CC1. The summed E-state index contributed by atoms with van der Waals surface area (Å²) in [5.41, 5.74) is -0.829. The van der Waals surface area contributed by atoms with E-state index in [1.807, 2.05) is 0 Å². The van der Waals surface area contributed by atoms with Crippen molar-refractivity contribution >= 4 is 35.1 Å². The van der Waals surface area contributed by atoms with E-state index >= 15 is 0 Å². The van der Waals surface area contributed by atoms with Crippen LogP contribution in [0, 0.1) is 17.2 Å². The number of hydrogen-bond donors (Lipinski definition) is 1. The average molecular weight is 341 g/mol. The summed E-state index contributed by atoms with van der Waals surface area (Å²) in [5.74, 6) is -1.12. The fraction of sp³-hybridized carbons (Fsp3) is 0.400. The fourth-order valence-electron chi connectivity index (χ4n) is 2.07. The van der Waals surface area contributed by atoms with E-state index in [0.29, 0.717) is 5.02 Å². The van der Waals surface area contributed by atoms with Gasteiger partial charge < -0.3 is 10.1 Å². The van der Waals surface area contributed by atoms with Crippen LogP contribution in [-0.2, 0) is 9.53 Å². The molecule has 0 bridgehead atoms. The summed E-state index contributed by atoms with van der Waals surface area (Å²) >= 11 is 11.7. The molecule has 1 N–H and O–H groups in total. The van der Waals surface area contributed by atoms with Gasteiger partial charge in [-0.05, 0) is 43.9 Å². The Morgan fingerprint density at radius 3 is 2.73 bits per heavy atom. The number of carbonyl (C=O) groups is 2. The third kappa shape index (κ3) is 3.90. The summed E-state index contributed by atoms with van der Waals surface area (Å²) in [6.45, 7) is 1.18. The summed E-state index contributed by atoms with van der Waals surface area (Å²) in [6, 6.07) is 6.48. The number of nitrogens with one attached hydrogen (secondary N) is 1. The third-order valence-electron chi connectivity index (χ3n) is 3.51. The minimum Gasteiger partial charge on any atom is -0.452 e. The van der Waals surface area contributed by atoms with Crippen LogP contribution in [0.1, 0.15) is 30.1 Å². The van der Waals surface area contributed by atoms with Gasteiger partial charge in [-0.2, -0.15) is 5.26 Å². The first kappa shape index (κ1) is 16.6. The molecule has 1 fully saturated rings. The molecule has 5 nitrogen and oxygen atoms in total. The van der Waals surface area contributed by atoms with Crippen LogP contribution in [0.25, 0.3) is 0 Å². The van der Waals surface area contributed by atoms with Crippen LogP contribution >= 0.6 is 23.2 Å². The second kappa shape index (κ2) is 6.55. The van der Waals surface area contributed by atoms with E-state index in [1.54, 1.807) is 13.0 Å². The average Bonchev–Trinajstić information content (AvgIpc) is 3.32. The maximum absolute atomic E-state index is 11.9. The van der Waals surface area contributed by atoms with Crippen molar-refractivity contribution in [3.63, 3.8) is 0 Å². The Labute approximate surface area is 138 Å². The van der Waals surface area contributed by atoms with Gasteiger partial charge in [0.05, 0.1) is 16.7 Å². The molecule has 1 amide bonds. The van der Waals surface area contributed by atoms with Gasteiger partial charge in [-0.25, -0.2) is 4.79 Å². The normalized spacial score (nSPS) is 16.3. The van der Waals surface area contributed by atoms with Crippen molar-refractivity contribution in [2.75, 3.05) is 6.61 Å². The van der Waals surface area contributed by atoms with Gasteiger partial charge in [0.15, 0.2) is 6.61 Å². The molecule has 0 unspecified atom stereocenters. The van der Waals surface area contributed by atoms with E-state index in [9.17, 15) is 9.59 Å². The van der Waals surface area contributed by atoms with Crippen molar-refractivity contribution in [3.8, 4) is 6.07 Å². The Hall–Kier alpha value is -1.77. The molecule has 2 rings (SSSR count). The zero-order chi connectivity index (χ0) is 16.3. The number of rotatable bonds is 5. The molecule has 1 aliphatic carbocycles. The summed E-state index contributed by atoms with van der Waals surface area (Å²) < 4.78 is 4.91. The van der Waals surface area contributed by atoms with Crippen LogP contribution in [0.4, 0.5) is 0 Å². The molecule has 0 saturated heterocycles. The zero-order valence-electron chi connectivity index (χ0n) is 11.9. The highest BCUT2D eigenvalue weighted by Gasteiger charge is 2.43. The van der Waals surface area contributed by atoms with E-state index in [0.717, 1.165) is 12.8 Å². The first-order valence-electron chi connectivity index (χ1n) is 6.70. The lowest BCUT2D eigenvalue weighted by Crippen LogP contribution is -2.48. The lowest BCUT2D eigenvalue weighted by Gasteiger charge is -2.22. The Kier molecular flexibility index (Phi) is 4.94. The maximum Gasteiger partial charge on any atom is 0.340 e. The van der Waals surface area contributed by atoms with Crippen LogP contribution in [0.5, 0.6) is 0 Å². The molecule has 116 valence electrons. The molecule has 22 heavy (non-hydrogen) atoms. The standard InChI is InChI=1S/C15H14Cl2N2O3/c1-15(8-18,9-2-3-9)19-13(20)7-22-14(21)11-6-10(16)4-5-12(11)17/h4-6,9H,2-3,7H2,1H3,(H,19,20)/t15-/m0/s1. The van der Waals surface area contributed by atoms with E-state index in [1.165, 1.54) is 12.1 Å². The van der Waals surface area contributed by atoms with Gasteiger partial charge in [-0.1, -0.05) is 23.2 Å². The first-order chi connectivity index (χ1) is 10.4. The molecule has 0 radical (unpaired) electrons. The summed E-state index contributed by atoms with van der Waals surface area (Å²) in [7, 11) is 0. The Balaban J connectivity index is 1.92. The van der Waals surface area contributed by atoms with Gasteiger partial charge in [-0.3, -0.25) is 4.79 Å². The smallest absolute Gasteiger partial charge is 0.340 e. The summed E-state index contributed by atoms with van der Waals surface area (Å²) in [6.07, 6.45) is 1.81. The number of halogens is 2. The molecule has 0 aromatic heterocycles. The minimum absolute atomic E-state index is 0.0900. The van der Waals surface area contributed by atoms with E-state index in [-0.39, 0.29) is 16.5 Å². The van der Waals surface area contributed by atoms with Crippen molar-refractivity contribution < 1.29 is 14.3 Å². The van der Waals surface area contributed by atoms with E-state index in [2.05, 4.69) is 11.4 Å². The number of carbonyl (C=O) groups excluding carboxylic acids is 2. The number of nitrogens with zero attached hydrogens (tertiary/aromatic N) is 1. The number of hydrogen-bond acceptors (Lipinski definition) is 4. The first-order valence-corrected chi connectivity index (χ1v) is 7.46. The van der Waals surface area contributed by atoms with Crippen molar-refractivity contribution in [1.29, 1.82) is 5.26 Å². The third-order valence-corrected chi connectivity index (χ3v) is 4.07. The van der Waals surface area contributed by atoms with Gasteiger partial charge in [0.25, 0.3) is 5.91 Å². The second-order valence-corrected chi connectivity index (χ2v) is 6.18. The van der Waals surface area contributed by atoms with Crippen LogP contribution in [0.3, 0.4) is 0 Å². The highest BCUT2D eigenvalue weighted by atomic mass is 35.5. The number of amides is 1. The van der Waals surface area contributed by atoms with Crippen molar-refractivity contribution in [2.45, 2.75) is 25.3 Å². The lowest BCUT2D eigenvalue weighted by atomic mass is 9.98. The van der Waals surface area contributed by atoms with Gasteiger partial charge in [-0.15, -0.1) is 0 Å². The molecular formula is C15H14Cl2N2O3. The maximum atomic E-state index is 11.9. The van der Waals surface area contributed by atoms with E-state index < -0.39 is 24.0 Å². The largest absolute Gasteiger partial charge is 0.452 e. The molecule has 1 aliphatic rings. The molecule has 1 saturated carbocycles. The van der Waals surface area contributed by atoms with E-state index in [4.69, 9.17) is 33.2 Å². The molecule has 0 spiro atoms. The highest BCUT2D eigenvalue weighted by Crippen LogP contribution is 2.39. The van der Waals surface area contributed by atoms with Crippen LogP contribution < -0.4 is 5.32 Å². The molecule has 0 aliphatic heterocycles. The minimum atomic E-state index is -0.919. The monoisotopic (exact) mass is 340 g/mol. The number of esters is 1. The summed E-state index contributed by atoms with van der Waals surface area (Å²) in [4.78, 5) is 23.7. The Morgan fingerprint density at radius 2 is 2.14 bits per heavy atom. The fourth-order valence-corrected chi connectivity index (χ4v) is 2.44.